The highest BCUT2D eigenvalue weighted by molar-refractivity contribution is 6.12. The van der Waals surface area contributed by atoms with Crippen molar-refractivity contribution in [2.24, 2.45) is 5.92 Å². The molecule has 1 amide bonds. The number of esters is 1. The van der Waals surface area contributed by atoms with Crippen LogP contribution in [0.1, 0.15) is 42.7 Å². The molecule has 0 saturated carbocycles. The second-order valence-electron chi connectivity index (χ2n) is 8.13. The van der Waals surface area contributed by atoms with Crippen LogP contribution in [0.5, 0.6) is 11.5 Å². The number of Topliss-reactive ketones (excluding diaryl/α,β-unsaturated/α-hetero) is 1. The number of benzene rings is 2. The first-order chi connectivity index (χ1) is 16.0. The average Bonchev–Trinajstić information content (AvgIpc) is 2.83. The monoisotopic (exact) mass is 449 g/mol. The fraction of sp³-hybridized carbons (Fsp3) is 0.346. The minimum atomic E-state index is -0.969. The summed E-state index contributed by atoms with van der Waals surface area (Å²) < 4.78 is 16.1. The first-order valence-electron chi connectivity index (χ1n) is 11.0. The van der Waals surface area contributed by atoms with Crippen LogP contribution in [0.15, 0.2) is 59.8 Å². The van der Waals surface area contributed by atoms with Crippen molar-refractivity contribution in [3.05, 3.63) is 70.9 Å². The van der Waals surface area contributed by atoms with Gasteiger partial charge in [0.25, 0.3) is 0 Å². The zero-order valence-corrected chi connectivity index (χ0v) is 18.9. The van der Waals surface area contributed by atoms with Crippen molar-refractivity contribution in [3.63, 3.8) is 0 Å². The fourth-order valence-corrected chi connectivity index (χ4v) is 4.82. The SMILES string of the molecule is CCOC(=O)[C@@H]1C(=O)C2=C(C[C@H]1c1ccccc1)NC(=O)C[C@@H]2c1ccc(OC)c(OC)c1. The highest BCUT2D eigenvalue weighted by Crippen LogP contribution is 2.46. The second kappa shape index (κ2) is 9.48. The molecule has 2 aliphatic rings. The van der Waals surface area contributed by atoms with E-state index in [9.17, 15) is 14.4 Å². The van der Waals surface area contributed by atoms with Gasteiger partial charge in [0.2, 0.25) is 5.91 Å². The van der Waals surface area contributed by atoms with Gasteiger partial charge in [0.1, 0.15) is 5.92 Å². The van der Waals surface area contributed by atoms with Gasteiger partial charge in [0.15, 0.2) is 17.3 Å². The molecule has 7 nitrogen and oxygen atoms in total. The summed E-state index contributed by atoms with van der Waals surface area (Å²) in [5.74, 6) is -1.81. The van der Waals surface area contributed by atoms with Gasteiger partial charge in [-0.1, -0.05) is 36.4 Å². The molecule has 0 fully saturated rings. The topological polar surface area (TPSA) is 90.9 Å². The van der Waals surface area contributed by atoms with E-state index in [4.69, 9.17) is 14.2 Å². The summed E-state index contributed by atoms with van der Waals surface area (Å²) in [6, 6.07) is 14.8. The standard InChI is InChI=1S/C26H27NO6/c1-4-33-26(30)24-17(15-8-6-5-7-9-15)13-19-23(25(24)29)18(14-22(28)27-19)16-10-11-20(31-2)21(12-16)32-3/h5-12,17-18,24H,4,13-14H2,1-3H3,(H,27,28)/t17-,18+,24-/m0/s1. The van der Waals surface area contributed by atoms with Crippen LogP contribution in [0.25, 0.3) is 0 Å². The first kappa shape index (κ1) is 22.6. The Hall–Kier alpha value is -3.61. The molecule has 1 aliphatic heterocycles. The zero-order chi connectivity index (χ0) is 23.5. The van der Waals surface area contributed by atoms with E-state index in [1.807, 2.05) is 36.4 Å². The van der Waals surface area contributed by atoms with Gasteiger partial charge in [-0.15, -0.1) is 0 Å². The zero-order valence-electron chi connectivity index (χ0n) is 18.9. The second-order valence-corrected chi connectivity index (χ2v) is 8.13. The Labute approximate surface area is 192 Å². The molecular formula is C26H27NO6. The molecule has 0 saturated heterocycles. The molecule has 4 rings (SSSR count). The Bertz CT molecular complexity index is 1110. The Morgan fingerprint density at radius 3 is 2.36 bits per heavy atom. The maximum absolute atomic E-state index is 13.9. The maximum Gasteiger partial charge on any atom is 0.317 e. The number of hydrogen-bond donors (Lipinski definition) is 1. The van der Waals surface area contributed by atoms with Crippen molar-refractivity contribution in [2.45, 2.75) is 31.6 Å². The van der Waals surface area contributed by atoms with Crippen LogP contribution in [0.2, 0.25) is 0 Å². The molecule has 1 N–H and O–H groups in total. The summed E-state index contributed by atoms with van der Waals surface area (Å²) in [6.45, 7) is 1.91. The van der Waals surface area contributed by atoms with E-state index in [0.29, 0.717) is 29.2 Å². The van der Waals surface area contributed by atoms with Crippen LogP contribution >= 0.6 is 0 Å². The van der Waals surface area contributed by atoms with Gasteiger partial charge in [0.05, 0.1) is 20.8 Å². The molecule has 1 heterocycles. The number of nitrogens with one attached hydrogen (secondary N) is 1. The van der Waals surface area contributed by atoms with E-state index < -0.39 is 23.7 Å². The third-order valence-electron chi connectivity index (χ3n) is 6.31. The number of methoxy groups -OCH3 is 2. The van der Waals surface area contributed by atoms with Gasteiger partial charge < -0.3 is 19.5 Å². The van der Waals surface area contributed by atoms with E-state index >= 15 is 0 Å². The Kier molecular flexibility index (Phi) is 6.49. The normalized spacial score (nSPS) is 22.3. The number of carbonyl (C=O) groups is 3. The predicted molar refractivity (Wildman–Crippen MR) is 121 cm³/mol. The lowest BCUT2D eigenvalue weighted by Gasteiger charge is -2.38. The van der Waals surface area contributed by atoms with Crippen LogP contribution in [0.3, 0.4) is 0 Å². The Morgan fingerprint density at radius 2 is 1.70 bits per heavy atom. The number of ketones is 1. The highest BCUT2D eigenvalue weighted by atomic mass is 16.5. The van der Waals surface area contributed by atoms with E-state index in [-0.39, 0.29) is 24.7 Å². The predicted octanol–water partition coefficient (Wildman–Crippen LogP) is 3.50. The van der Waals surface area contributed by atoms with Crippen LogP contribution in [-0.2, 0) is 19.1 Å². The Morgan fingerprint density at radius 1 is 0.970 bits per heavy atom. The molecule has 0 unspecified atom stereocenters. The number of carbonyl (C=O) groups excluding carboxylic acids is 3. The first-order valence-corrected chi connectivity index (χ1v) is 11.0. The van der Waals surface area contributed by atoms with Crippen molar-refractivity contribution in [2.75, 3.05) is 20.8 Å². The lowest BCUT2D eigenvalue weighted by molar-refractivity contribution is -0.152. The van der Waals surface area contributed by atoms with Gasteiger partial charge in [-0.2, -0.15) is 0 Å². The number of allylic oxidation sites excluding steroid dienone is 2. The lowest BCUT2D eigenvalue weighted by Crippen LogP contribution is -2.44. The van der Waals surface area contributed by atoms with E-state index in [1.54, 1.807) is 26.2 Å². The molecule has 7 heteroatoms. The third kappa shape index (κ3) is 4.23. The molecule has 2 aromatic carbocycles. The molecule has 0 bridgehead atoms. The van der Waals surface area contributed by atoms with E-state index in [1.165, 1.54) is 7.11 Å². The fourth-order valence-electron chi connectivity index (χ4n) is 4.82. The van der Waals surface area contributed by atoms with Gasteiger partial charge in [-0.25, -0.2) is 0 Å². The number of amides is 1. The average molecular weight is 450 g/mol. The summed E-state index contributed by atoms with van der Waals surface area (Å²) in [7, 11) is 3.08. The molecule has 0 spiro atoms. The van der Waals surface area contributed by atoms with Crippen molar-refractivity contribution >= 4 is 17.7 Å². The van der Waals surface area contributed by atoms with Crippen LogP contribution in [0.4, 0.5) is 0 Å². The van der Waals surface area contributed by atoms with Crippen molar-refractivity contribution < 1.29 is 28.6 Å². The summed E-state index contributed by atoms with van der Waals surface area (Å²) in [5.41, 5.74) is 2.65. The summed E-state index contributed by atoms with van der Waals surface area (Å²) in [6.07, 6.45) is 0.468. The van der Waals surface area contributed by atoms with Gasteiger partial charge in [0, 0.05) is 29.5 Å². The summed E-state index contributed by atoms with van der Waals surface area (Å²) >= 11 is 0. The number of hydrogen-bond acceptors (Lipinski definition) is 6. The number of rotatable bonds is 6. The molecule has 0 aromatic heterocycles. The van der Waals surface area contributed by atoms with Crippen molar-refractivity contribution in [3.8, 4) is 11.5 Å². The van der Waals surface area contributed by atoms with E-state index in [2.05, 4.69) is 5.32 Å². The minimum Gasteiger partial charge on any atom is -0.493 e. The molecule has 1 aliphatic carbocycles. The quantitative estimate of drug-likeness (QED) is 0.536. The minimum absolute atomic E-state index is 0.103. The molecular weight excluding hydrogens is 422 g/mol. The van der Waals surface area contributed by atoms with Crippen molar-refractivity contribution in [1.29, 1.82) is 0 Å². The lowest BCUT2D eigenvalue weighted by atomic mass is 9.68. The van der Waals surface area contributed by atoms with Gasteiger partial charge in [-0.05, 0) is 36.6 Å². The molecule has 3 atom stereocenters. The Balaban J connectivity index is 1.82. The third-order valence-corrected chi connectivity index (χ3v) is 6.31. The maximum atomic E-state index is 13.9. The largest absolute Gasteiger partial charge is 0.493 e. The summed E-state index contributed by atoms with van der Waals surface area (Å²) in [5, 5.41) is 2.90. The summed E-state index contributed by atoms with van der Waals surface area (Å²) in [4.78, 5) is 39.5. The van der Waals surface area contributed by atoms with E-state index in [0.717, 1.165) is 11.1 Å². The van der Waals surface area contributed by atoms with Crippen LogP contribution in [-0.4, -0.2) is 38.5 Å². The van der Waals surface area contributed by atoms with Crippen LogP contribution in [0, 0.1) is 5.92 Å². The molecule has 0 radical (unpaired) electrons. The molecule has 33 heavy (non-hydrogen) atoms. The smallest absolute Gasteiger partial charge is 0.317 e. The number of ether oxygens (including phenoxy) is 3. The van der Waals surface area contributed by atoms with Crippen molar-refractivity contribution in [1.82, 2.24) is 5.32 Å². The molecule has 2 aromatic rings. The van der Waals surface area contributed by atoms with Gasteiger partial charge >= 0.3 is 5.97 Å². The van der Waals surface area contributed by atoms with Crippen LogP contribution < -0.4 is 14.8 Å². The van der Waals surface area contributed by atoms with Gasteiger partial charge in [-0.3, -0.25) is 14.4 Å². The highest BCUT2D eigenvalue weighted by Gasteiger charge is 2.47. The molecule has 172 valence electrons.